The van der Waals surface area contributed by atoms with Crippen LogP contribution in [0.5, 0.6) is 0 Å². The highest BCUT2D eigenvalue weighted by molar-refractivity contribution is 5.67. The molecular formula is C8H11F5O2. The van der Waals surface area contributed by atoms with E-state index in [-0.39, 0.29) is 6.42 Å². The molecule has 2 atom stereocenters. The Balaban J connectivity index is 4.63. The molecule has 0 heterocycles. The lowest BCUT2D eigenvalue weighted by molar-refractivity contribution is -0.185. The van der Waals surface area contributed by atoms with Gasteiger partial charge in [0.15, 0.2) is 6.17 Å². The van der Waals surface area contributed by atoms with E-state index >= 15 is 0 Å². The SMILES string of the molecule is CCC(CC(=O)O)C(F)C(F)(F)C(F)F. The van der Waals surface area contributed by atoms with Gasteiger partial charge in [-0.05, 0) is 6.42 Å². The molecule has 0 aromatic carbocycles. The van der Waals surface area contributed by atoms with Gasteiger partial charge in [-0.25, -0.2) is 13.2 Å². The van der Waals surface area contributed by atoms with Gasteiger partial charge >= 0.3 is 18.3 Å². The minimum Gasteiger partial charge on any atom is -0.481 e. The molecule has 90 valence electrons. The Hall–Kier alpha value is -0.880. The molecule has 1 N–H and O–H groups in total. The molecule has 0 saturated carbocycles. The van der Waals surface area contributed by atoms with Gasteiger partial charge < -0.3 is 5.11 Å². The summed E-state index contributed by atoms with van der Waals surface area (Å²) < 4.78 is 61.5. The minimum absolute atomic E-state index is 0.240. The first-order valence-electron chi connectivity index (χ1n) is 4.25. The number of carbonyl (C=O) groups is 1. The van der Waals surface area contributed by atoms with E-state index in [0.29, 0.717) is 0 Å². The molecule has 7 heteroatoms. The summed E-state index contributed by atoms with van der Waals surface area (Å²) >= 11 is 0. The summed E-state index contributed by atoms with van der Waals surface area (Å²) in [5.74, 6) is -7.89. The summed E-state index contributed by atoms with van der Waals surface area (Å²) in [5, 5.41) is 8.27. The van der Waals surface area contributed by atoms with Crippen LogP contribution in [-0.2, 0) is 4.79 Å². The Kier molecular flexibility index (Phi) is 4.96. The van der Waals surface area contributed by atoms with Crippen molar-refractivity contribution >= 4 is 5.97 Å². The van der Waals surface area contributed by atoms with E-state index in [2.05, 4.69) is 0 Å². The second-order valence-corrected chi connectivity index (χ2v) is 3.14. The van der Waals surface area contributed by atoms with Crippen LogP contribution in [0.15, 0.2) is 0 Å². The van der Waals surface area contributed by atoms with Crippen molar-refractivity contribution in [3.05, 3.63) is 0 Å². The van der Waals surface area contributed by atoms with Gasteiger partial charge in [0.25, 0.3) is 0 Å². The maximum absolute atomic E-state index is 13.0. The predicted molar refractivity (Wildman–Crippen MR) is 41.9 cm³/mol. The van der Waals surface area contributed by atoms with Crippen molar-refractivity contribution in [3.8, 4) is 0 Å². The van der Waals surface area contributed by atoms with Gasteiger partial charge in [0.1, 0.15) is 0 Å². The van der Waals surface area contributed by atoms with Crippen LogP contribution in [0, 0.1) is 5.92 Å². The van der Waals surface area contributed by atoms with Gasteiger partial charge in [0.2, 0.25) is 0 Å². The summed E-state index contributed by atoms with van der Waals surface area (Å²) in [6, 6.07) is 0. The Morgan fingerprint density at radius 2 is 1.80 bits per heavy atom. The van der Waals surface area contributed by atoms with Crippen molar-refractivity contribution < 1.29 is 31.9 Å². The first-order chi connectivity index (χ1) is 6.73. The van der Waals surface area contributed by atoms with Crippen molar-refractivity contribution in [3.63, 3.8) is 0 Å². The Morgan fingerprint density at radius 3 is 2.07 bits per heavy atom. The summed E-state index contributed by atoms with van der Waals surface area (Å²) in [7, 11) is 0. The second kappa shape index (κ2) is 5.27. The number of alkyl halides is 5. The van der Waals surface area contributed by atoms with E-state index in [1.165, 1.54) is 6.92 Å². The van der Waals surface area contributed by atoms with Crippen molar-refractivity contribution in [1.82, 2.24) is 0 Å². The van der Waals surface area contributed by atoms with Crippen LogP contribution in [-0.4, -0.2) is 29.6 Å². The van der Waals surface area contributed by atoms with Gasteiger partial charge in [-0.3, -0.25) is 4.79 Å². The molecule has 0 saturated heterocycles. The molecule has 0 radical (unpaired) electrons. The molecule has 0 aliphatic rings. The van der Waals surface area contributed by atoms with Gasteiger partial charge in [0, 0.05) is 5.92 Å². The number of aliphatic carboxylic acids is 1. The summed E-state index contributed by atoms with van der Waals surface area (Å²) in [5.41, 5.74) is 0. The fourth-order valence-corrected chi connectivity index (χ4v) is 1.11. The minimum atomic E-state index is -4.80. The molecule has 0 spiro atoms. The van der Waals surface area contributed by atoms with Crippen LogP contribution >= 0.6 is 0 Å². The molecular weight excluding hydrogens is 223 g/mol. The van der Waals surface area contributed by atoms with Crippen molar-refractivity contribution in [1.29, 1.82) is 0 Å². The molecule has 0 fully saturated rings. The van der Waals surface area contributed by atoms with E-state index in [1.807, 2.05) is 0 Å². The van der Waals surface area contributed by atoms with Crippen LogP contribution < -0.4 is 0 Å². The van der Waals surface area contributed by atoms with E-state index in [1.54, 1.807) is 0 Å². The largest absolute Gasteiger partial charge is 0.481 e. The first kappa shape index (κ1) is 14.1. The van der Waals surface area contributed by atoms with E-state index in [9.17, 15) is 26.7 Å². The third-order valence-corrected chi connectivity index (χ3v) is 2.03. The summed E-state index contributed by atoms with van der Waals surface area (Å²) in [6.07, 6.45) is -8.40. The maximum Gasteiger partial charge on any atom is 0.338 e. The van der Waals surface area contributed by atoms with Crippen molar-refractivity contribution in [2.45, 2.75) is 38.3 Å². The number of hydrogen-bond acceptors (Lipinski definition) is 1. The number of carboxylic acid groups (broad SMARTS) is 1. The number of carboxylic acids is 1. The average molecular weight is 234 g/mol. The van der Waals surface area contributed by atoms with Crippen LogP contribution in [0.25, 0.3) is 0 Å². The Morgan fingerprint density at radius 1 is 1.33 bits per heavy atom. The fourth-order valence-electron chi connectivity index (χ4n) is 1.11. The number of hydrogen-bond donors (Lipinski definition) is 1. The van der Waals surface area contributed by atoms with Gasteiger partial charge in [-0.1, -0.05) is 6.92 Å². The maximum atomic E-state index is 13.0. The Labute approximate surface area is 83.1 Å². The van der Waals surface area contributed by atoms with Crippen LogP contribution in [0.3, 0.4) is 0 Å². The third-order valence-electron chi connectivity index (χ3n) is 2.03. The lowest BCUT2D eigenvalue weighted by Crippen LogP contribution is -2.42. The zero-order valence-electron chi connectivity index (χ0n) is 7.89. The highest BCUT2D eigenvalue weighted by atomic mass is 19.3. The normalized spacial score (nSPS) is 16.5. The summed E-state index contributed by atoms with van der Waals surface area (Å²) in [4.78, 5) is 10.2. The Bertz CT molecular complexity index is 219. The molecule has 0 aliphatic heterocycles. The zero-order valence-corrected chi connectivity index (χ0v) is 7.89. The molecule has 0 aliphatic carbocycles. The molecule has 0 aromatic heterocycles. The van der Waals surface area contributed by atoms with Crippen LogP contribution in [0.4, 0.5) is 22.0 Å². The fraction of sp³-hybridized carbons (Fsp3) is 0.875. The highest BCUT2D eigenvalue weighted by Gasteiger charge is 2.52. The number of rotatable bonds is 6. The van der Waals surface area contributed by atoms with E-state index in [4.69, 9.17) is 5.11 Å². The van der Waals surface area contributed by atoms with Crippen molar-refractivity contribution in [2.24, 2.45) is 5.92 Å². The molecule has 0 bridgehead atoms. The quantitative estimate of drug-likeness (QED) is 0.717. The molecule has 0 aromatic rings. The average Bonchev–Trinajstić information content (AvgIpc) is 2.12. The standard InChI is InChI=1S/C8H11F5O2/c1-2-4(3-5(14)15)6(9)8(12,13)7(10)11/h4,6-7H,2-3H2,1H3,(H,14,15). The van der Waals surface area contributed by atoms with Crippen molar-refractivity contribution in [2.75, 3.05) is 0 Å². The van der Waals surface area contributed by atoms with Gasteiger partial charge in [-0.2, -0.15) is 8.78 Å². The second-order valence-electron chi connectivity index (χ2n) is 3.14. The zero-order chi connectivity index (χ0) is 12.2. The number of halogens is 5. The highest BCUT2D eigenvalue weighted by Crippen LogP contribution is 2.35. The lowest BCUT2D eigenvalue weighted by atomic mass is 9.93. The van der Waals surface area contributed by atoms with Crippen LogP contribution in [0.2, 0.25) is 0 Å². The van der Waals surface area contributed by atoms with Gasteiger partial charge in [0.05, 0.1) is 6.42 Å². The monoisotopic (exact) mass is 234 g/mol. The lowest BCUT2D eigenvalue weighted by Gasteiger charge is -2.25. The first-order valence-corrected chi connectivity index (χ1v) is 4.25. The van der Waals surface area contributed by atoms with Crippen LogP contribution in [0.1, 0.15) is 19.8 Å². The van der Waals surface area contributed by atoms with E-state index in [0.717, 1.165) is 0 Å². The smallest absolute Gasteiger partial charge is 0.338 e. The summed E-state index contributed by atoms with van der Waals surface area (Å²) in [6.45, 7) is 1.27. The predicted octanol–water partition coefficient (Wildman–Crippen LogP) is 2.73. The molecule has 0 amide bonds. The molecule has 2 unspecified atom stereocenters. The third kappa shape index (κ3) is 3.64. The van der Waals surface area contributed by atoms with E-state index < -0.39 is 36.8 Å². The molecule has 2 nitrogen and oxygen atoms in total. The topological polar surface area (TPSA) is 37.3 Å². The van der Waals surface area contributed by atoms with Gasteiger partial charge in [-0.15, -0.1) is 0 Å². The molecule has 15 heavy (non-hydrogen) atoms. The molecule has 0 rings (SSSR count).